The first-order valence-electron chi connectivity index (χ1n) is 12.2. The number of nitrogens with one attached hydrogen (secondary N) is 1. The van der Waals surface area contributed by atoms with Crippen molar-refractivity contribution in [3.8, 4) is 11.1 Å². The number of carbonyl (C=O) groups is 1. The first kappa shape index (κ1) is 23.4. The molecule has 0 saturated heterocycles. The SMILES string of the molecule is Cc1cccc(Cn2nc(C)c3c(NC(=O)c4cnc5cc(-c6ccc(=O)n(C)c6)ccn45)cccc32)n1. The van der Waals surface area contributed by atoms with Crippen LogP contribution in [0.1, 0.15) is 27.6 Å². The van der Waals surface area contributed by atoms with Gasteiger partial charge < -0.3 is 9.88 Å². The molecule has 0 unspecified atom stereocenters. The van der Waals surface area contributed by atoms with E-state index in [1.54, 1.807) is 29.9 Å². The number of nitrogens with zero attached hydrogens (tertiary/aromatic N) is 6. The number of imidazole rings is 1. The summed E-state index contributed by atoms with van der Waals surface area (Å²) in [4.78, 5) is 34.2. The second-order valence-electron chi connectivity index (χ2n) is 9.32. The van der Waals surface area contributed by atoms with Gasteiger partial charge in [-0.05, 0) is 67.4 Å². The molecule has 9 heteroatoms. The molecule has 0 spiro atoms. The molecular weight excluding hydrogens is 478 g/mol. The molecular formula is C29H25N7O2. The molecule has 1 N–H and O–H groups in total. The van der Waals surface area contributed by atoms with Crippen molar-refractivity contribution in [1.82, 2.24) is 28.7 Å². The van der Waals surface area contributed by atoms with Gasteiger partial charge in [0, 0.05) is 36.6 Å². The quantitative estimate of drug-likeness (QED) is 0.377. The first-order valence-corrected chi connectivity index (χ1v) is 12.2. The molecule has 0 radical (unpaired) electrons. The molecule has 9 nitrogen and oxygen atoms in total. The van der Waals surface area contributed by atoms with Gasteiger partial charge in [0.2, 0.25) is 5.56 Å². The number of carbonyl (C=O) groups excluding carboxylic acids is 1. The van der Waals surface area contributed by atoms with Crippen molar-refractivity contribution in [3.05, 3.63) is 112 Å². The molecule has 6 aromatic rings. The van der Waals surface area contributed by atoms with Crippen LogP contribution in [0.25, 0.3) is 27.7 Å². The van der Waals surface area contributed by atoms with E-state index in [9.17, 15) is 9.59 Å². The van der Waals surface area contributed by atoms with E-state index in [0.717, 1.165) is 39.1 Å². The highest BCUT2D eigenvalue weighted by atomic mass is 16.2. The van der Waals surface area contributed by atoms with Gasteiger partial charge in [0.1, 0.15) is 11.3 Å². The normalized spacial score (nSPS) is 11.3. The Kier molecular flexibility index (Phi) is 5.60. The number of hydrogen-bond donors (Lipinski definition) is 1. The summed E-state index contributed by atoms with van der Waals surface area (Å²) in [5.41, 5.74) is 7.08. The Morgan fingerprint density at radius 1 is 1.00 bits per heavy atom. The number of aromatic nitrogens is 6. The maximum Gasteiger partial charge on any atom is 0.274 e. The number of rotatable bonds is 5. The zero-order valence-corrected chi connectivity index (χ0v) is 21.2. The lowest BCUT2D eigenvalue weighted by Gasteiger charge is -2.09. The maximum absolute atomic E-state index is 13.4. The standard InChI is InChI=1S/C29H25N7O2/c1-18-6-4-7-22(31-18)17-36-24-9-5-8-23(28(24)19(2)33-36)32-29(38)25-15-30-26-14-20(12-13-35(25)26)21-10-11-27(37)34(3)16-21/h4-16H,17H2,1-3H3,(H,32,38). The molecule has 0 saturated carbocycles. The van der Waals surface area contributed by atoms with Gasteiger partial charge in [-0.3, -0.25) is 23.7 Å². The van der Waals surface area contributed by atoms with Crippen LogP contribution in [0.4, 0.5) is 5.69 Å². The van der Waals surface area contributed by atoms with Crippen LogP contribution in [0.3, 0.4) is 0 Å². The lowest BCUT2D eigenvalue weighted by molar-refractivity contribution is 0.102. The molecule has 6 rings (SSSR count). The minimum atomic E-state index is -0.271. The highest BCUT2D eigenvalue weighted by Crippen LogP contribution is 2.28. The lowest BCUT2D eigenvalue weighted by atomic mass is 10.1. The molecule has 0 aliphatic heterocycles. The van der Waals surface area contributed by atoms with E-state index in [1.807, 2.05) is 73.3 Å². The fourth-order valence-electron chi connectivity index (χ4n) is 4.77. The van der Waals surface area contributed by atoms with E-state index < -0.39 is 0 Å². The topological polar surface area (TPSA) is 99.1 Å². The summed E-state index contributed by atoms with van der Waals surface area (Å²) >= 11 is 0. The van der Waals surface area contributed by atoms with Crippen LogP contribution >= 0.6 is 0 Å². The predicted molar refractivity (Wildman–Crippen MR) is 146 cm³/mol. The molecule has 0 atom stereocenters. The van der Waals surface area contributed by atoms with E-state index in [1.165, 1.54) is 10.6 Å². The van der Waals surface area contributed by atoms with Crippen LogP contribution in [0.5, 0.6) is 0 Å². The third kappa shape index (κ3) is 4.13. The van der Waals surface area contributed by atoms with Gasteiger partial charge in [0.15, 0.2) is 0 Å². The number of pyridine rings is 3. The minimum absolute atomic E-state index is 0.0720. The minimum Gasteiger partial charge on any atom is -0.320 e. The van der Waals surface area contributed by atoms with Crippen molar-refractivity contribution >= 4 is 28.1 Å². The maximum atomic E-state index is 13.4. The van der Waals surface area contributed by atoms with E-state index >= 15 is 0 Å². The van der Waals surface area contributed by atoms with Crippen LogP contribution in [0.15, 0.2) is 84.0 Å². The van der Waals surface area contributed by atoms with Gasteiger partial charge in [-0.15, -0.1) is 0 Å². The van der Waals surface area contributed by atoms with Crippen molar-refractivity contribution in [2.24, 2.45) is 7.05 Å². The summed E-state index contributed by atoms with van der Waals surface area (Å²) in [5, 5.41) is 8.68. The Balaban J connectivity index is 1.30. The lowest BCUT2D eigenvalue weighted by Crippen LogP contribution is -2.15. The van der Waals surface area contributed by atoms with Crippen molar-refractivity contribution in [2.45, 2.75) is 20.4 Å². The summed E-state index contributed by atoms with van der Waals surface area (Å²) in [6.45, 7) is 4.44. The summed E-state index contributed by atoms with van der Waals surface area (Å²) < 4.78 is 5.20. The molecule has 1 aromatic carbocycles. The second-order valence-corrected chi connectivity index (χ2v) is 9.32. The third-order valence-corrected chi connectivity index (χ3v) is 6.62. The Labute approximate surface area is 218 Å². The Bertz CT molecular complexity index is 1910. The second kappa shape index (κ2) is 9.11. The molecule has 0 aliphatic carbocycles. The molecule has 5 aromatic heterocycles. The van der Waals surface area contributed by atoms with Crippen molar-refractivity contribution < 1.29 is 4.79 Å². The van der Waals surface area contributed by atoms with Gasteiger partial charge in [-0.2, -0.15) is 5.10 Å². The van der Waals surface area contributed by atoms with Gasteiger partial charge in [-0.25, -0.2) is 4.98 Å². The average molecular weight is 504 g/mol. The van der Waals surface area contributed by atoms with E-state index in [0.29, 0.717) is 23.6 Å². The molecule has 0 bridgehead atoms. The number of anilines is 1. The van der Waals surface area contributed by atoms with Crippen LogP contribution in [0, 0.1) is 13.8 Å². The fourth-order valence-corrected chi connectivity index (χ4v) is 4.77. The highest BCUT2D eigenvalue weighted by molar-refractivity contribution is 6.08. The number of amides is 1. The molecule has 0 fully saturated rings. The van der Waals surface area contributed by atoms with Crippen LogP contribution in [-0.4, -0.2) is 34.6 Å². The van der Waals surface area contributed by atoms with Crippen molar-refractivity contribution in [2.75, 3.05) is 5.32 Å². The average Bonchev–Trinajstić information content (AvgIpc) is 3.47. The molecule has 38 heavy (non-hydrogen) atoms. The molecule has 5 heterocycles. The Morgan fingerprint density at radius 3 is 2.66 bits per heavy atom. The smallest absolute Gasteiger partial charge is 0.274 e. The van der Waals surface area contributed by atoms with Crippen molar-refractivity contribution in [1.29, 1.82) is 0 Å². The fraction of sp³-hybridized carbons (Fsp3) is 0.138. The van der Waals surface area contributed by atoms with Gasteiger partial charge >= 0.3 is 0 Å². The zero-order valence-electron chi connectivity index (χ0n) is 21.2. The van der Waals surface area contributed by atoms with Crippen molar-refractivity contribution in [3.63, 3.8) is 0 Å². The summed E-state index contributed by atoms with van der Waals surface area (Å²) in [5.74, 6) is -0.271. The predicted octanol–water partition coefficient (Wildman–Crippen LogP) is 4.36. The van der Waals surface area contributed by atoms with E-state index in [-0.39, 0.29) is 11.5 Å². The molecule has 1 amide bonds. The highest BCUT2D eigenvalue weighted by Gasteiger charge is 2.17. The third-order valence-electron chi connectivity index (χ3n) is 6.62. The first-order chi connectivity index (χ1) is 18.4. The number of aryl methyl sites for hydroxylation is 3. The van der Waals surface area contributed by atoms with Gasteiger partial charge in [0.05, 0.1) is 35.3 Å². The van der Waals surface area contributed by atoms with Gasteiger partial charge in [0.25, 0.3) is 5.91 Å². The summed E-state index contributed by atoms with van der Waals surface area (Å²) in [6.07, 6.45) is 5.16. The monoisotopic (exact) mass is 503 g/mol. The Hall–Kier alpha value is -5.05. The van der Waals surface area contributed by atoms with E-state index in [4.69, 9.17) is 5.10 Å². The van der Waals surface area contributed by atoms with Crippen LogP contribution in [-0.2, 0) is 13.6 Å². The van der Waals surface area contributed by atoms with E-state index in [2.05, 4.69) is 15.3 Å². The summed E-state index contributed by atoms with van der Waals surface area (Å²) in [6, 6.07) is 18.8. The van der Waals surface area contributed by atoms with Crippen LogP contribution in [0.2, 0.25) is 0 Å². The van der Waals surface area contributed by atoms with Gasteiger partial charge in [-0.1, -0.05) is 12.1 Å². The molecule has 188 valence electrons. The number of benzene rings is 1. The largest absolute Gasteiger partial charge is 0.320 e. The number of fused-ring (bicyclic) bond motifs is 2. The summed E-state index contributed by atoms with van der Waals surface area (Å²) in [7, 11) is 1.72. The molecule has 0 aliphatic rings. The van der Waals surface area contributed by atoms with Crippen LogP contribution < -0.4 is 10.9 Å². The number of hydrogen-bond acceptors (Lipinski definition) is 5. The Morgan fingerprint density at radius 2 is 1.84 bits per heavy atom. The zero-order chi connectivity index (χ0) is 26.4.